The van der Waals surface area contributed by atoms with Crippen molar-refractivity contribution in [1.82, 2.24) is 24.5 Å². The van der Waals surface area contributed by atoms with Crippen molar-refractivity contribution in [2.45, 2.75) is 6.42 Å². The zero-order valence-corrected chi connectivity index (χ0v) is 15.8. The van der Waals surface area contributed by atoms with Crippen LogP contribution in [0.5, 0.6) is 5.88 Å². The van der Waals surface area contributed by atoms with E-state index in [1.807, 2.05) is 6.20 Å². The first-order valence-corrected chi connectivity index (χ1v) is 9.74. The monoisotopic (exact) mass is 407 g/mol. The second kappa shape index (κ2) is 7.10. The van der Waals surface area contributed by atoms with Gasteiger partial charge in [-0.2, -0.15) is 9.97 Å². The van der Waals surface area contributed by atoms with Gasteiger partial charge in [-0.1, -0.05) is 6.07 Å². The van der Waals surface area contributed by atoms with E-state index in [1.54, 1.807) is 29.9 Å². The van der Waals surface area contributed by atoms with Gasteiger partial charge in [-0.25, -0.2) is 9.37 Å². The van der Waals surface area contributed by atoms with E-state index >= 15 is 0 Å². The van der Waals surface area contributed by atoms with Crippen molar-refractivity contribution in [2.24, 2.45) is 0 Å². The lowest BCUT2D eigenvalue weighted by molar-refractivity contribution is 0.312. The minimum absolute atomic E-state index is 0.233. The lowest BCUT2D eigenvalue weighted by Gasteiger charge is -2.08. The van der Waals surface area contributed by atoms with E-state index in [2.05, 4.69) is 19.9 Å². The van der Waals surface area contributed by atoms with Crippen LogP contribution in [0.25, 0.3) is 27.2 Å². The van der Waals surface area contributed by atoms with Gasteiger partial charge in [0.2, 0.25) is 11.8 Å². The van der Waals surface area contributed by atoms with E-state index in [4.69, 9.17) is 4.74 Å². The van der Waals surface area contributed by atoms with Gasteiger partial charge in [0.05, 0.1) is 12.1 Å². The zero-order valence-electron chi connectivity index (χ0n) is 15.0. The van der Waals surface area contributed by atoms with Crippen molar-refractivity contribution in [2.75, 3.05) is 6.61 Å². The molecule has 4 aromatic heterocycles. The maximum absolute atomic E-state index is 13.6. The van der Waals surface area contributed by atoms with Crippen LogP contribution in [0, 0.1) is 5.82 Å². The molecular weight excluding hydrogens is 393 g/mol. The molecule has 0 bridgehead atoms. The van der Waals surface area contributed by atoms with Crippen LogP contribution in [-0.2, 0) is 6.42 Å². The Morgan fingerprint density at radius 3 is 3.03 bits per heavy atom. The standard InChI is InChI=1S/C20H14FN5O2S/c21-13-4-5-15-14(9-13)12(10-22-15)6-8-28-18-17-19(29-11-23-17)25-20(24-18)26-7-2-1-3-16(26)27/h1-5,7,9-11,22H,6,8H2. The Labute approximate surface area is 167 Å². The molecule has 7 nitrogen and oxygen atoms in total. The number of halogens is 1. The van der Waals surface area contributed by atoms with Gasteiger partial charge >= 0.3 is 0 Å². The molecule has 0 aliphatic rings. The number of nitrogens with one attached hydrogen (secondary N) is 1. The molecule has 0 saturated carbocycles. The Balaban J connectivity index is 1.44. The number of thiazole rings is 1. The highest BCUT2D eigenvalue weighted by Gasteiger charge is 2.14. The molecule has 0 aliphatic carbocycles. The van der Waals surface area contributed by atoms with Gasteiger partial charge in [0.15, 0.2) is 10.3 Å². The maximum atomic E-state index is 13.6. The van der Waals surface area contributed by atoms with Crippen molar-refractivity contribution in [1.29, 1.82) is 0 Å². The number of rotatable bonds is 5. The summed E-state index contributed by atoms with van der Waals surface area (Å²) in [5, 5.41) is 0.826. The molecule has 144 valence electrons. The summed E-state index contributed by atoms with van der Waals surface area (Å²) in [6.07, 6.45) is 4.01. The molecule has 5 aromatic rings. The lowest BCUT2D eigenvalue weighted by atomic mass is 10.1. The quantitative estimate of drug-likeness (QED) is 0.482. The summed E-state index contributed by atoms with van der Waals surface area (Å²) in [7, 11) is 0. The van der Waals surface area contributed by atoms with Gasteiger partial charge in [-0.05, 0) is 29.8 Å². The summed E-state index contributed by atoms with van der Waals surface area (Å²) in [6.45, 7) is 0.316. The molecule has 0 saturated heterocycles. The summed E-state index contributed by atoms with van der Waals surface area (Å²) < 4.78 is 20.8. The van der Waals surface area contributed by atoms with Gasteiger partial charge in [-0.3, -0.25) is 9.36 Å². The molecule has 9 heteroatoms. The molecule has 29 heavy (non-hydrogen) atoms. The first-order chi connectivity index (χ1) is 14.2. The molecule has 1 N–H and O–H groups in total. The number of aromatic amines is 1. The molecule has 1 aromatic carbocycles. The van der Waals surface area contributed by atoms with Crippen LogP contribution in [0.3, 0.4) is 0 Å². The molecule has 0 amide bonds. The Morgan fingerprint density at radius 1 is 1.21 bits per heavy atom. The topological polar surface area (TPSA) is 85.7 Å². The smallest absolute Gasteiger partial charge is 0.257 e. The Hall–Kier alpha value is -3.59. The number of hydrogen-bond acceptors (Lipinski definition) is 6. The fraction of sp³-hybridized carbons (Fsp3) is 0.100. The second-order valence-electron chi connectivity index (χ2n) is 6.35. The third-order valence-corrected chi connectivity index (χ3v) is 5.25. The van der Waals surface area contributed by atoms with Crippen molar-refractivity contribution in [3.8, 4) is 11.8 Å². The number of ether oxygens (including phenoxy) is 1. The van der Waals surface area contributed by atoms with Crippen LogP contribution >= 0.6 is 11.3 Å². The number of benzene rings is 1. The van der Waals surface area contributed by atoms with E-state index in [1.165, 1.54) is 34.1 Å². The molecule has 0 radical (unpaired) electrons. The van der Waals surface area contributed by atoms with E-state index in [0.717, 1.165) is 16.5 Å². The number of pyridine rings is 1. The summed E-state index contributed by atoms with van der Waals surface area (Å²) in [6, 6.07) is 9.47. The number of fused-ring (bicyclic) bond motifs is 2. The molecule has 0 aliphatic heterocycles. The van der Waals surface area contributed by atoms with E-state index in [-0.39, 0.29) is 17.3 Å². The number of H-pyrrole nitrogens is 1. The van der Waals surface area contributed by atoms with Crippen LogP contribution in [0.15, 0.2) is 59.1 Å². The molecule has 5 rings (SSSR count). The number of aromatic nitrogens is 5. The van der Waals surface area contributed by atoms with Crippen LogP contribution in [0.2, 0.25) is 0 Å². The molecular formula is C20H14FN5O2S. The van der Waals surface area contributed by atoms with E-state index in [0.29, 0.717) is 29.3 Å². The number of hydrogen-bond donors (Lipinski definition) is 1. The summed E-state index contributed by atoms with van der Waals surface area (Å²) in [4.78, 5) is 29.0. The molecule has 4 heterocycles. The van der Waals surface area contributed by atoms with E-state index in [9.17, 15) is 9.18 Å². The van der Waals surface area contributed by atoms with Crippen molar-refractivity contribution < 1.29 is 9.13 Å². The van der Waals surface area contributed by atoms with E-state index < -0.39 is 0 Å². The lowest BCUT2D eigenvalue weighted by Crippen LogP contribution is -2.18. The SMILES string of the molecule is O=c1ccccn1-c1nc(OCCc2c[nH]c3ccc(F)cc23)c2ncsc2n1. The van der Waals surface area contributed by atoms with Crippen LogP contribution in [0.1, 0.15) is 5.56 Å². The fourth-order valence-electron chi connectivity index (χ4n) is 3.14. The predicted molar refractivity (Wildman–Crippen MR) is 108 cm³/mol. The van der Waals surface area contributed by atoms with Crippen molar-refractivity contribution in [3.63, 3.8) is 0 Å². The molecule has 0 atom stereocenters. The third-order valence-electron chi connectivity index (χ3n) is 4.53. The van der Waals surface area contributed by atoms with Gasteiger partial charge in [-0.15, -0.1) is 11.3 Å². The highest BCUT2D eigenvalue weighted by molar-refractivity contribution is 7.16. The van der Waals surface area contributed by atoms with Crippen molar-refractivity contribution >= 4 is 32.6 Å². The molecule has 0 fully saturated rings. The minimum atomic E-state index is -0.280. The Kier molecular flexibility index (Phi) is 4.28. The van der Waals surface area contributed by atoms with Crippen LogP contribution in [0.4, 0.5) is 4.39 Å². The molecule has 0 spiro atoms. The van der Waals surface area contributed by atoms with Gasteiger partial charge in [0.25, 0.3) is 5.56 Å². The summed E-state index contributed by atoms with van der Waals surface area (Å²) in [5.74, 6) is 0.265. The first-order valence-electron chi connectivity index (χ1n) is 8.86. The highest BCUT2D eigenvalue weighted by atomic mass is 32.1. The summed E-state index contributed by atoms with van der Waals surface area (Å²) >= 11 is 1.35. The van der Waals surface area contributed by atoms with Gasteiger partial charge in [0, 0.05) is 35.8 Å². The maximum Gasteiger partial charge on any atom is 0.257 e. The van der Waals surface area contributed by atoms with Crippen molar-refractivity contribution in [3.05, 3.63) is 76.0 Å². The Morgan fingerprint density at radius 2 is 2.14 bits per heavy atom. The summed E-state index contributed by atoms with van der Waals surface area (Å²) in [5.41, 5.74) is 3.79. The largest absolute Gasteiger partial charge is 0.476 e. The van der Waals surface area contributed by atoms with Crippen LogP contribution < -0.4 is 10.3 Å². The molecule has 0 unspecified atom stereocenters. The fourth-order valence-corrected chi connectivity index (χ4v) is 3.79. The normalized spacial score (nSPS) is 11.3. The first kappa shape index (κ1) is 17.5. The van der Waals surface area contributed by atoms with Crippen LogP contribution in [-0.4, -0.2) is 31.1 Å². The number of nitrogens with zero attached hydrogens (tertiary/aromatic N) is 4. The second-order valence-corrected chi connectivity index (χ2v) is 7.18. The minimum Gasteiger partial charge on any atom is -0.476 e. The third kappa shape index (κ3) is 3.25. The Bertz CT molecular complexity index is 1390. The average Bonchev–Trinajstić information content (AvgIpc) is 3.35. The van der Waals surface area contributed by atoms with Gasteiger partial charge < -0.3 is 9.72 Å². The van der Waals surface area contributed by atoms with Gasteiger partial charge in [0.1, 0.15) is 5.82 Å². The predicted octanol–water partition coefficient (Wildman–Crippen LogP) is 3.48. The average molecular weight is 407 g/mol. The zero-order chi connectivity index (χ0) is 19.8. The highest BCUT2D eigenvalue weighted by Crippen LogP contribution is 2.25.